The number of aryl methyl sites for hydroxylation is 1. The van der Waals surface area contributed by atoms with Crippen molar-refractivity contribution in [1.29, 1.82) is 0 Å². The van der Waals surface area contributed by atoms with Crippen molar-refractivity contribution >= 4 is 11.9 Å². The summed E-state index contributed by atoms with van der Waals surface area (Å²) in [6.07, 6.45) is 4.01. The standard InChI is InChI=1S/C17H22N6O3/c1-10-13(22-26-21-10)8-15(24)18-12-6-11(7-12)14-9-16(25)20-17(19-14)23-4-2-3-5-23/h9,11-12H,2-8H2,1H3,(H,18,24)(H,19,20,25). The van der Waals surface area contributed by atoms with E-state index in [9.17, 15) is 9.59 Å². The Morgan fingerprint density at radius 1 is 1.35 bits per heavy atom. The van der Waals surface area contributed by atoms with Gasteiger partial charge in [0.15, 0.2) is 0 Å². The van der Waals surface area contributed by atoms with E-state index >= 15 is 0 Å². The molecule has 0 spiro atoms. The number of aromatic amines is 1. The Morgan fingerprint density at radius 3 is 2.81 bits per heavy atom. The molecule has 1 aliphatic carbocycles. The van der Waals surface area contributed by atoms with Crippen LogP contribution in [0.25, 0.3) is 0 Å². The van der Waals surface area contributed by atoms with Gasteiger partial charge in [-0.15, -0.1) is 0 Å². The summed E-state index contributed by atoms with van der Waals surface area (Å²) in [5.74, 6) is 0.787. The highest BCUT2D eigenvalue weighted by Gasteiger charge is 2.33. The topological polar surface area (TPSA) is 117 Å². The van der Waals surface area contributed by atoms with Gasteiger partial charge in [0, 0.05) is 31.1 Å². The Hall–Kier alpha value is -2.71. The number of hydrogen-bond acceptors (Lipinski definition) is 7. The number of carbonyl (C=O) groups excluding carboxylic acids is 1. The van der Waals surface area contributed by atoms with Crippen LogP contribution in [0, 0.1) is 6.92 Å². The zero-order valence-electron chi connectivity index (χ0n) is 14.7. The Morgan fingerprint density at radius 2 is 2.12 bits per heavy atom. The molecule has 0 unspecified atom stereocenters. The zero-order chi connectivity index (χ0) is 18.1. The van der Waals surface area contributed by atoms with E-state index in [-0.39, 0.29) is 29.8 Å². The molecule has 0 atom stereocenters. The van der Waals surface area contributed by atoms with E-state index in [0.29, 0.717) is 17.3 Å². The van der Waals surface area contributed by atoms with Crippen molar-refractivity contribution in [2.45, 2.75) is 51.0 Å². The predicted octanol–water partition coefficient (Wildman–Crippen LogP) is 0.666. The SMILES string of the molecule is Cc1nonc1CC(=O)NC1CC(c2cc(=O)[nH]c(N3CCCC3)n2)C1. The first-order chi connectivity index (χ1) is 12.6. The fourth-order valence-electron chi connectivity index (χ4n) is 3.57. The zero-order valence-corrected chi connectivity index (χ0v) is 14.7. The smallest absolute Gasteiger partial charge is 0.252 e. The maximum absolute atomic E-state index is 12.1. The van der Waals surface area contributed by atoms with E-state index in [1.54, 1.807) is 13.0 Å². The number of amides is 1. The Balaban J connectivity index is 1.33. The molecule has 2 aromatic rings. The van der Waals surface area contributed by atoms with Gasteiger partial charge >= 0.3 is 0 Å². The highest BCUT2D eigenvalue weighted by Crippen LogP contribution is 2.36. The van der Waals surface area contributed by atoms with Crippen molar-refractivity contribution in [3.05, 3.63) is 33.5 Å². The second-order valence-corrected chi connectivity index (χ2v) is 7.09. The van der Waals surface area contributed by atoms with Crippen molar-refractivity contribution in [1.82, 2.24) is 25.6 Å². The average molecular weight is 358 g/mol. The highest BCUT2D eigenvalue weighted by molar-refractivity contribution is 5.78. The van der Waals surface area contributed by atoms with Crippen LogP contribution in [-0.2, 0) is 11.2 Å². The summed E-state index contributed by atoms with van der Waals surface area (Å²) in [5, 5.41) is 10.4. The quantitative estimate of drug-likeness (QED) is 0.806. The number of H-pyrrole nitrogens is 1. The van der Waals surface area contributed by atoms with Gasteiger partial charge in [-0.25, -0.2) is 9.61 Å². The minimum absolute atomic E-state index is 0.0936. The molecule has 2 N–H and O–H groups in total. The number of hydrogen-bond donors (Lipinski definition) is 2. The molecule has 1 saturated carbocycles. The van der Waals surface area contributed by atoms with Crippen molar-refractivity contribution in [2.24, 2.45) is 0 Å². The van der Waals surface area contributed by atoms with Gasteiger partial charge in [-0.05, 0) is 32.6 Å². The normalized spacial score (nSPS) is 22.3. The molecular weight excluding hydrogens is 336 g/mol. The molecule has 3 heterocycles. The molecule has 4 rings (SSSR count). The number of anilines is 1. The molecular formula is C17H22N6O3. The molecule has 138 valence electrons. The maximum atomic E-state index is 12.1. The number of nitrogens with zero attached hydrogens (tertiary/aromatic N) is 4. The van der Waals surface area contributed by atoms with Crippen LogP contribution in [0.1, 0.15) is 48.7 Å². The first kappa shape index (κ1) is 16.7. The van der Waals surface area contributed by atoms with Crippen molar-refractivity contribution in [3.8, 4) is 0 Å². The van der Waals surface area contributed by atoms with Crippen LogP contribution in [0.2, 0.25) is 0 Å². The fraction of sp³-hybridized carbons (Fsp3) is 0.588. The molecule has 0 radical (unpaired) electrons. The minimum atomic E-state index is -0.113. The van der Waals surface area contributed by atoms with E-state index in [1.165, 1.54) is 0 Å². The third-order valence-corrected chi connectivity index (χ3v) is 5.15. The largest absolute Gasteiger partial charge is 0.353 e. The average Bonchev–Trinajstić information content (AvgIpc) is 3.22. The van der Waals surface area contributed by atoms with E-state index in [1.807, 2.05) is 0 Å². The lowest BCUT2D eigenvalue weighted by atomic mass is 9.78. The lowest BCUT2D eigenvalue weighted by molar-refractivity contribution is -0.121. The number of nitrogens with one attached hydrogen (secondary N) is 2. The Kier molecular flexibility index (Phi) is 4.44. The molecule has 9 heteroatoms. The molecule has 1 amide bonds. The number of rotatable bonds is 5. The Bertz CT molecular complexity index is 848. The van der Waals surface area contributed by atoms with Gasteiger partial charge in [0.25, 0.3) is 5.56 Å². The molecule has 26 heavy (non-hydrogen) atoms. The summed E-state index contributed by atoms with van der Waals surface area (Å²) in [6, 6.07) is 1.68. The Labute approximate surface area is 150 Å². The van der Waals surface area contributed by atoms with Crippen LogP contribution in [0.15, 0.2) is 15.5 Å². The number of aromatic nitrogens is 4. The van der Waals surface area contributed by atoms with Gasteiger partial charge in [-0.2, -0.15) is 0 Å². The lowest BCUT2D eigenvalue weighted by Gasteiger charge is -2.35. The van der Waals surface area contributed by atoms with Crippen LogP contribution in [-0.4, -0.2) is 45.3 Å². The summed E-state index contributed by atoms with van der Waals surface area (Å²) in [5.41, 5.74) is 1.90. The molecule has 1 saturated heterocycles. The molecule has 2 aromatic heterocycles. The van der Waals surface area contributed by atoms with E-state index in [0.717, 1.165) is 44.5 Å². The van der Waals surface area contributed by atoms with Gasteiger partial charge in [-0.1, -0.05) is 10.3 Å². The summed E-state index contributed by atoms with van der Waals surface area (Å²) >= 11 is 0. The first-order valence-electron chi connectivity index (χ1n) is 9.02. The maximum Gasteiger partial charge on any atom is 0.252 e. The third kappa shape index (κ3) is 3.47. The van der Waals surface area contributed by atoms with Crippen LogP contribution in [0.4, 0.5) is 5.95 Å². The van der Waals surface area contributed by atoms with Crippen molar-refractivity contribution in [3.63, 3.8) is 0 Å². The second kappa shape index (κ2) is 6.89. The molecule has 2 fully saturated rings. The monoisotopic (exact) mass is 358 g/mol. The predicted molar refractivity (Wildman–Crippen MR) is 92.9 cm³/mol. The number of carbonyl (C=O) groups is 1. The van der Waals surface area contributed by atoms with E-state index in [4.69, 9.17) is 0 Å². The summed E-state index contributed by atoms with van der Waals surface area (Å²) in [7, 11) is 0. The van der Waals surface area contributed by atoms with Gasteiger partial charge in [-0.3, -0.25) is 14.6 Å². The summed E-state index contributed by atoms with van der Waals surface area (Å²) in [6.45, 7) is 3.63. The van der Waals surface area contributed by atoms with Crippen LogP contribution >= 0.6 is 0 Å². The van der Waals surface area contributed by atoms with Crippen LogP contribution in [0.3, 0.4) is 0 Å². The van der Waals surface area contributed by atoms with E-state index < -0.39 is 0 Å². The van der Waals surface area contributed by atoms with Gasteiger partial charge in [0.1, 0.15) is 11.4 Å². The highest BCUT2D eigenvalue weighted by atomic mass is 16.6. The van der Waals surface area contributed by atoms with Crippen LogP contribution < -0.4 is 15.8 Å². The van der Waals surface area contributed by atoms with Gasteiger partial charge in [0.05, 0.1) is 12.1 Å². The second-order valence-electron chi connectivity index (χ2n) is 7.09. The summed E-state index contributed by atoms with van der Waals surface area (Å²) in [4.78, 5) is 33.7. The molecule has 0 bridgehead atoms. The molecule has 0 aromatic carbocycles. The first-order valence-corrected chi connectivity index (χ1v) is 9.02. The molecule has 2 aliphatic rings. The fourth-order valence-corrected chi connectivity index (χ4v) is 3.57. The minimum Gasteiger partial charge on any atom is -0.353 e. The molecule has 9 nitrogen and oxygen atoms in total. The summed E-state index contributed by atoms with van der Waals surface area (Å²) < 4.78 is 4.61. The van der Waals surface area contributed by atoms with E-state index in [2.05, 4.69) is 35.1 Å². The van der Waals surface area contributed by atoms with Crippen LogP contribution in [0.5, 0.6) is 0 Å². The van der Waals surface area contributed by atoms with Gasteiger partial charge < -0.3 is 10.2 Å². The lowest BCUT2D eigenvalue weighted by Crippen LogP contribution is -2.44. The van der Waals surface area contributed by atoms with Gasteiger partial charge in [0.2, 0.25) is 11.9 Å². The third-order valence-electron chi connectivity index (χ3n) is 5.15. The van der Waals surface area contributed by atoms with Crippen molar-refractivity contribution < 1.29 is 9.42 Å². The molecule has 1 aliphatic heterocycles. The van der Waals surface area contributed by atoms with Crippen molar-refractivity contribution in [2.75, 3.05) is 18.0 Å².